The third kappa shape index (κ3) is 4.83. The van der Waals surface area contributed by atoms with E-state index in [9.17, 15) is 18.0 Å². The third-order valence-electron chi connectivity index (χ3n) is 3.76. The fourth-order valence-electron chi connectivity index (χ4n) is 2.37. The molecule has 2 N–H and O–H groups in total. The molecule has 0 aliphatic heterocycles. The molecule has 0 aromatic heterocycles. The summed E-state index contributed by atoms with van der Waals surface area (Å²) in [6.07, 6.45) is -4.32. The summed E-state index contributed by atoms with van der Waals surface area (Å²) in [5.41, 5.74) is 1.23. The van der Waals surface area contributed by atoms with Gasteiger partial charge in [-0.2, -0.15) is 13.2 Å². The molecule has 24 heavy (non-hydrogen) atoms. The van der Waals surface area contributed by atoms with Crippen LogP contribution in [-0.4, -0.2) is 17.6 Å². The third-order valence-corrected chi connectivity index (χ3v) is 3.76. The van der Waals surface area contributed by atoms with Crippen molar-refractivity contribution in [2.75, 3.05) is 6.54 Å². The average molecular weight is 337 g/mol. The molecule has 0 saturated carbocycles. The number of rotatable bonds is 6. The van der Waals surface area contributed by atoms with Gasteiger partial charge in [-0.1, -0.05) is 31.2 Å². The summed E-state index contributed by atoms with van der Waals surface area (Å²) in [4.78, 5) is 10.9. The molecule has 128 valence electrons. The van der Waals surface area contributed by atoms with Crippen LogP contribution >= 0.6 is 0 Å². The van der Waals surface area contributed by atoms with E-state index in [4.69, 9.17) is 5.11 Å². The molecule has 0 fully saturated rings. The van der Waals surface area contributed by atoms with Crippen molar-refractivity contribution in [3.63, 3.8) is 0 Å². The molecule has 0 aliphatic rings. The van der Waals surface area contributed by atoms with Gasteiger partial charge in [-0.3, -0.25) is 0 Å². The van der Waals surface area contributed by atoms with E-state index in [0.717, 1.165) is 23.3 Å². The van der Waals surface area contributed by atoms with Crippen molar-refractivity contribution in [1.29, 1.82) is 0 Å². The fourth-order valence-corrected chi connectivity index (χ4v) is 2.37. The number of alkyl halides is 3. The Morgan fingerprint density at radius 3 is 2.42 bits per heavy atom. The Hall–Kier alpha value is -2.34. The molecule has 2 aromatic rings. The Kier molecular flexibility index (Phi) is 5.62. The quantitative estimate of drug-likeness (QED) is 0.826. The van der Waals surface area contributed by atoms with Crippen molar-refractivity contribution in [2.24, 2.45) is 0 Å². The van der Waals surface area contributed by atoms with E-state index in [1.165, 1.54) is 18.2 Å². The predicted molar refractivity (Wildman–Crippen MR) is 85.0 cm³/mol. The second-order valence-corrected chi connectivity index (χ2v) is 5.66. The smallest absolute Gasteiger partial charge is 0.416 e. The molecular weight excluding hydrogens is 319 g/mol. The maximum atomic E-state index is 12.5. The van der Waals surface area contributed by atoms with Crippen LogP contribution < -0.4 is 5.32 Å². The van der Waals surface area contributed by atoms with Gasteiger partial charge in [0, 0.05) is 13.1 Å². The number of benzene rings is 2. The largest absolute Gasteiger partial charge is 0.478 e. The van der Waals surface area contributed by atoms with Gasteiger partial charge in [0.1, 0.15) is 0 Å². The maximum Gasteiger partial charge on any atom is 0.416 e. The van der Waals surface area contributed by atoms with Crippen LogP contribution in [0.5, 0.6) is 0 Å². The Labute approximate surface area is 138 Å². The summed E-state index contributed by atoms with van der Waals surface area (Å²) in [6, 6.07) is 11.8. The monoisotopic (exact) mass is 337 g/mol. The lowest BCUT2D eigenvalue weighted by Crippen LogP contribution is -2.20. The topological polar surface area (TPSA) is 49.3 Å². The highest BCUT2D eigenvalue weighted by Crippen LogP contribution is 2.30. The van der Waals surface area contributed by atoms with E-state index in [2.05, 4.69) is 5.32 Å². The Morgan fingerprint density at radius 1 is 1.17 bits per heavy atom. The van der Waals surface area contributed by atoms with Gasteiger partial charge in [0.25, 0.3) is 0 Å². The van der Waals surface area contributed by atoms with E-state index in [1.807, 2.05) is 13.0 Å². The van der Waals surface area contributed by atoms with Gasteiger partial charge in [-0.05, 0) is 41.3 Å². The van der Waals surface area contributed by atoms with Crippen LogP contribution in [0.4, 0.5) is 13.2 Å². The standard InChI is InChI=1S/C18H18F3NO2/c1-12(14-5-7-16(8-6-14)18(19,20)21)10-22-11-13-3-2-4-15(9-13)17(23)24/h2-9,12,22H,10-11H2,1H3,(H,23,24). The van der Waals surface area contributed by atoms with Gasteiger partial charge in [-0.15, -0.1) is 0 Å². The summed E-state index contributed by atoms with van der Waals surface area (Å²) in [5, 5.41) is 12.1. The van der Waals surface area contributed by atoms with Crippen molar-refractivity contribution in [3.05, 3.63) is 70.8 Å². The molecule has 1 unspecified atom stereocenters. The Balaban J connectivity index is 1.90. The maximum absolute atomic E-state index is 12.5. The highest BCUT2D eigenvalue weighted by atomic mass is 19.4. The van der Waals surface area contributed by atoms with Crippen LogP contribution in [0.3, 0.4) is 0 Å². The van der Waals surface area contributed by atoms with Gasteiger partial charge >= 0.3 is 12.1 Å². The SMILES string of the molecule is CC(CNCc1cccc(C(=O)O)c1)c1ccc(C(F)(F)F)cc1. The van der Waals surface area contributed by atoms with Crippen LogP contribution in [-0.2, 0) is 12.7 Å². The Bertz CT molecular complexity index is 696. The van der Waals surface area contributed by atoms with E-state index in [-0.39, 0.29) is 11.5 Å². The van der Waals surface area contributed by atoms with Crippen LogP contribution in [0.15, 0.2) is 48.5 Å². The van der Waals surface area contributed by atoms with Gasteiger partial charge in [-0.25, -0.2) is 4.79 Å². The van der Waals surface area contributed by atoms with Crippen molar-refractivity contribution in [2.45, 2.75) is 25.6 Å². The zero-order valence-corrected chi connectivity index (χ0v) is 13.1. The van der Waals surface area contributed by atoms with Gasteiger partial charge in [0.15, 0.2) is 0 Å². The molecule has 0 spiro atoms. The average Bonchev–Trinajstić information content (AvgIpc) is 2.54. The lowest BCUT2D eigenvalue weighted by Gasteiger charge is -2.14. The molecule has 0 radical (unpaired) electrons. The first-order chi connectivity index (χ1) is 11.3. The molecule has 0 saturated heterocycles. The fraction of sp³-hybridized carbons (Fsp3) is 0.278. The van der Waals surface area contributed by atoms with E-state index >= 15 is 0 Å². The second kappa shape index (κ2) is 7.49. The first-order valence-corrected chi connectivity index (χ1v) is 7.47. The molecule has 0 amide bonds. The van der Waals surface area contributed by atoms with E-state index in [0.29, 0.717) is 13.1 Å². The molecule has 0 bridgehead atoms. The van der Waals surface area contributed by atoms with Gasteiger partial charge in [0.2, 0.25) is 0 Å². The van der Waals surface area contributed by atoms with Gasteiger partial charge < -0.3 is 10.4 Å². The van der Waals surface area contributed by atoms with Crippen molar-refractivity contribution < 1.29 is 23.1 Å². The number of halogens is 3. The first-order valence-electron chi connectivity index (χ1n) is 7.47. The molecule has 2 aromatic carbocycles. The Morgan fingerprint density at radius 2 is 1.83 bits per heavy atom. The number of hydrogen-bond acceptors (Lipinski definition) is 2. The number of carboxylic acid groups (broad SMARTS) is 1. The minimum absolute atomic E-state index is 0.0370. The molecule has 0 aliphatic carbocycles. The minimum Gasteiger partial charge on any atom is -0.478 e. The van der Waals surface area contributed by atoms with Crippen molar-refractivity contribution >= 4 is 5.97 Å². The van der Waals surface area contributed by atoms with Crippen molar-refractivity contribution in [3.8, 4) is 0 Å². The highest BCUT2D eigenvalue weighted by molar-refractivity contribution is 5.87. The number of carboxylic acids is 1. The van der Waals surface area contributed by atoms with E-state index < -0.39 is 17.7 Å². The summed E-state index contributed by atoms with van der Waals surface area (Å²) in [6.45, 7) is 2.98. The van der Waals surface area contributed by atoms with Crippen LogP contribution in [0.25, 0.3) is 0 Å². The zero-order chi connectivity index (χ0) is 17.7. The van der Waals surface area contributed by atoms with Crippen molar-refractivity contribution in [1.82, 2.24) is 5.32 Å². The molecule has 3 nitrogen and oxygen atoms in total. The molecular formula is C18H18F3NO2. The van der Waals surface area contributed by atoms with Crippen LogP contribution in [0.1, 0.15) is 39.9 Å². The number of nitrogens with one attached hydrogen (secondary N) is 1. The number of aromatic carboxylic acids is 1. The molecule has 2 rings (SSSR count). The van der Waals surface area contributed by atoms with E-state index in [1.54, 1.807) is 12.1 Å². The second-order valence-electron chi connectivity index (χ2n) is 5.66. The highest BCUT2D eigenvalue weighted by Gasteiger charge is 2.30. The number of carbonyl (C=O) groups is 1. The van der Waals surface area contributed by atoms with Gasteiger partial charge in [0.05, 0.1) is 11.1 Å². The first kappa shape index (κ1) is 18.0. The summed E-state index contributed by atoms with van der Waals surface area (Å²) in [5.74, 6) is -0.940. The minimum atomic E-state index is -4.32. The number of hydrogen-bond donors (Lipinski definition) is 2. The lowest BCUT2D eigenvalue weighted by atomic mass is 9.99. The van der Waals surface area contributed by atoms with Crippen LogP contribution in [0, 0.1) is 0 Å². The zero-order valence-electron chi connectivity index (χ0n) is 13.1. The summed E-state index contributed by atoms with van der Waals surface area (Å²) >= 11 is 0. The molecule has 6 heteroatoms. The predicted octanol–water partition coefficient (Wildman–Crippen LogP) is 4.30. The lowest BCUT2D eigenvalue weighted by molar-refractivity contribution is -0.137. The molecule has 0 heterocycles. The molecule has 1 atom stereocenters. The summed E-state index contributed by atoms with van der Waals surface area (Å²) < 4.78 is 37.6. The summed E-state index contributed by atoms with van der Waals surface area (Å²) in [7, 11) is 0. The normalized spacial score (nSPS) is 12.8. The van der Waals surface area contributed by atoms with Crippen LogP contribution in [0.2, 0.25) is 0 Å².